The van der Waals surface area contributed by atoms with Gasteiger partial charge >= 0.3 is 0 Å². The fourth-order valence-corrected chi connectivity index (χ4v) is 1.84. The molecular weight excluding hydrogens is 254 g/mol. The Kier molecular flexibility index (Phi) is 4.55. The molecule has 2 heterocycles. The van der Waals surface area contributed by atoms with Gasteiger partial charge in [0.25, 0.3) is 0 Å². The molecule has 0 aliphatic rings. The number of hydrogen-bond donors (Lipinski definition) is 1. The molecule has 0 radical (unpaired) electrons. The van der Waals surface area contributed by atoms with Gasteiger partial charge in [-0.3, -0.25) is 0 Å². The summed E-state index contributed by atoms with van der Waals surface area (Å²) in [5.74, 6) is 2.87. The Bertz CT molecular complexity index is 566. The van der Waals surface area contributed by atoms with Crippen LogP contribution in [0.1, 0.15) is 31.2 Å². The average Bonchev–Trinajstić information content (AvgIpc) is 2.80. The minimum atomic E-state index is 0.655. The van der Waals surface area contributed by atoms with Crippen LogP contribution < -0.4 is 10.2 Å². The quantitative estimate of drug-likeness (QED) is 0.874. The fraction of sp³-hybridized carbons (Fsp3) is 0.500. The maximum atomic E-state index is 5.03. The summed E-state index contributed by atoms with van der Waals surface area (Å²) in [7, 11) is 2.01. The molecule has 2 aromatic heterocycles. The Labute approximate surface area is 119 Å². The van der Waals surface area contributed by atoms with Crippen molar-refractivity contribution in [3.8, 4) is 0 Å². The molecule has 1 N–H and O–H groups in total. The summed E-state index contributed by atoms with van der Waals surface area (Å²) >= 11 is 0. The molecule has 6 nitrogen and oxygen atoms in total. The van der Waals surface area contributed by atoms with Crippen molar-refractivity contribution in [1.29, 1.82) is 0 Å². The van der Waals surface area contributed by atoms with Gasteiger partial charge in [0.2, 0.25) is 5.95 Å². The molecular formula is C14H21N5O. The van der Waals surface area contributed by atoms with Crippen LogP contribution in [0.5, 0.6) is 0 Å². The lowest BCUT2D eigenvalue weighted by atomic mass is 10.3. The molecule has 0 spiro atoms. The molecule has 0 aliphatic heterocycles. The van der Waals surface area contributed by atoms with Crippen molar-refractivity contribution in [3.05, 3.63) is 23.6 Å². The highest BCUT2D eigenvalue weighted by molar-refractivity contribution is 5.53. The second-order valence-electron chi connectivity index (χ2n) is 4.92. The molecule has 2 aromatic rings. The lowest BCUT2D eigenvalue weighted by Crippen LogP contribution is -2.21. The monoisotopic (exact) mass is 275 g/mol. The van der Waals surface area contributed by atoms with Gasteiger partial charge in [-0.2, -0.15) is 4.98 Å². The SMILES string of the molecule is CCCCN(C)c1nc(C)cc(Nc2cc(C)on2)n1. The second-order valence-corrected chi connectivity index (χ2v) is 4.92. The van der Waals surface area contributed by atoms with Gasteiger partial charge in [-0.15, -0.1) is 0 Å². The van der Waals surface area contributed by atoms with Crippen LogP contribution in [0.15, 0.2) is 16.7 Å². The van der Waals surface area contributed by atoms with Crippen molar-refractivity contribution in [2.24, 2.45) is 0 Å². The Balaban J connectivity index is 2.15. The van der Waals surface area contributed by atoms with Crippen LogP contribution in [0.3, 0.4) is 0 Å². The van der Waals surface area contributed by atoms with E-state index in [1.54, 1.807) is 0 Å². The van der Waals surface area contributed by atoms with Gasteiger partial charge in [0.1, 0.15) is 11.6 Å². The molecule has 108 valence electrons. The third-order valence-corrected chi connectivity index (χ3v) is 2.92. The number of anilines is 3. The molecule has 6 heteroatoms. The van der Waals surface area contributed by atoms with E-state index in [-0.39, 0.29) is 0 Å². The highest BCUT2D eigenvalue weighted by Crippen LogP contribution is 2.18. The number of nitrogens with one attached hydrogen (secondary N) is 1. The minimum absolute atomic E-state index is 0.655. The average molecular weight is 275 g/mol. The van der Waals surface area contributed by atoms with Gasteiger partial charge in [-0.05, 0) is 20.3 Å². The standard InChI is InChI=1S/C14H21N5O/c1-5-6-7-19(4)14-15-10(2)8-12(17-14)16-13-9-11(3)20-18-13/h8-9H,5-7H2,1-4H3,(H,15,16,17,18). The maximum Gasteiger partial charge on any atom is 0.227 e. The van der Waals surface area contributed by atoms with Crippen LogP contribution >= 0.6 is 0 Å². The van der Waals surface area contributed by atoms with E-state index >= 15 is 0 Å². The molecule has 0 saturated carbocycles. The van der Waals surface area contributed by atoms with E-state index in [2.05, 4.69) is 32.3 Å². The largest absolute Gasteiger partial charge is 0.360 e. The molecule has 0 saturated heterocycles. The van der Waals surface area contributed by atoms with E-state index < -0.39 is 0 Å². The van der Waals surface area contributed by atoms with Crippen molar-refractivity contribution in [2.75, 3.05) is 23.8 Å². The van der Waals surface area contributed by atoms with Crippen molar-refractivity contribution >= 4 is 17.6 Å². The number of unbranched alkanes of at least 4 members (excludes halogenated alkanes) is 1. The lowest BCUT2D eigenvalue weighted by Gasteiger charge is -2.17. The highest BCUT2D eigenvalue weighted by atomic mass is 16.5. The van der Waals surface area contributed by atoms with Crippen molar-refractivity contribution in [2.45, 2.75) is 33.6 Å². The predicted molar refractivity (Wildman–Crippen MR) is 79.5 cm³/mol. The zero-order chi connectivity index (χ0) is 14.5. The van der Waals surface area contributed by atoms with Crippen molar-refractivity contribution in [3.63, 3.8) is 0 Å². The zero-order valence-electron chi connectivity index (χ0n) is 12.5. The van der Waals surface area contributed by atoms with E-state index in [1.165, 1.54) is 0 Å². The van der Waals surface area contributed by atoms with E-state index in [1.807, 2.05) is 33.0 Å². The summed E-state index contributed by atoms with van der Waals surface area (Å²) in [6.07, 6.45) is 2.28. The Hall–Kier alpha value is -2.11. The number of rotatable bonds is 6. The van der Waals surface area contributed by atoms with Crippen LogP contribution in [0, 0.1) is 13.8 Å². The smallest absolute Gasteiger partial charge is 0.227 e. The van der Waals surface area contributed by atoms with Gasteiger partial charge in [-0.1, -0.05) is 18.5 Å². The van der Waals surface area contributed by atoms with Crippen molar-refractivity contribution in [1.82, 2.24) is 15.1 Å². The summed E-state index contributed by atoms with van der Waals surface area (Å²) in [5, 5.41) is 7.04. The summed E-state index contributed by atoms with van der Waals surface area (Å²) in [5.41, 5.74) is 0.918. The van der Waals surface area contributed by atoms with Crippen LogP contribution in [-0.4, -0.2) is 28.7 Å². The van der Waals surface area contributed by atoms with Crippen LogP contribution in [0.2, 0.25) is 0 Å². The summed E-state index contributed by atoms with van der Waals surface area (Å²) in [4.78, 5) is 11.0. The maximum absolute atomic E-state index is 5.03. The lowest BCUT2D eigenvalue weighted by molar-refractivity contribution is 0.400. The van der Waals surface area contributed by atoms with E-state index in [0.717, 1.165) is 42.6 Å². The van der Waals surface area contributed by atoms with Gasteiger partial charge in [-0.25, -0.2) is 4.98 Å². The van der Waals surface area contributed by atoms with Gasteiger partial charge in [0.05, 0.1) is 0 Å². The summed E-state index contributed by atoms with van der Waals surface area (Å²) in [6, 6.07) is 3.72. The Morgan fingerprint density at radius 2 is 2.00 bits per heavy atom. The van der Waals surface area contributed by atoms with Gasteiger partial charge < -0.3 is 14.7 Å². The van der Waals surface area contributed by atoms with Crippen molar-refractivity contribution < 1.29 is 4.52 Å². The molecule has 0 amide bonds. The molecule has 0 aliphatic carbocycles. The van der Waals surface area contributed by atoms with Crippen LogP contribution in [0.25, 0.3) is 0 Å². The number of nitrogens with zero attached hydrogens (tertiary/aromatic N) is 4. The minimum Gasteiger partial charge on any atom is -0.360 e. The van der Waals surface area contributed by atoms with E-state index in [0.29, 0.717) is 5.82 Å². The Morgan fingerprint density at radius 1 is 1.20 bits per heavy atom. The van der Waals surface area contributed by atoms with Crippen LogP contribution in [0.4, 0.5) is 17.6 Å². The topological polar surface area (TPSA) is 67.1 Å². The molecule has 0 atom stereocenters. The first kappa shape index (κ1) is 14.3. The van der Waals surface area contributed by atoms with E-state index in [4.69, 9.17) is 4.52 Å². The highest BCUT2D eigenvalue weighted by Gasteiger charge is 2.08. The fourth-order valence-electron chi connectivity index (χ4n) is 1.84. The zero-order valence-corrected chi connectivity index (χ0v) is 12.5. The molecule has 20 heavy (non-hydrogen) atoms. The number of aryl methyl sites for hydroxylation is 2. The number of hydrogen-bond acceptors (Lipinski definition) is 6. The normalized spacial score (nSPS) is 10.6. The summed E-state index contributed by atoms with van der Waals surface area (Å²) < 4.78 is 5.03. The molecule has 0 bridgehead atoms. The first-order valence-corrected chi connectivity index (χ1v) is 6.85. The third-order valence-electron chi connectivity index (χ3n) is 2.92. The molecule has 0 aromatic carbocycles. The Morgan fingerprint density at radius 3 is 2.65 bits per heavy atom. The number of aromatic nitrogens is 3. The molecule has 0 unspecified atom stereocenters. The van der Waals surface area contributed by atoms with E-state index in [9.17, 15) is 0 Å². The van der Waals surface area contributed by atoms with Gasteiger partial charge in [0, 0.05) is 31.4 Å². The second kappa shape index (κ2) is 6.36. The third kappa shape index (κ3) is 3.69. The first-order valence-electron chi connectivity index (χ1n) is 6.85. The first-order chi connectivity index (χ1) is 9.58. The molecule has 2 rings (SSSR count). The van der Waals surface area contributed by atoms with Crippen LogP contribution in [-0.2, 0) is 0 Å². The summed E-state index contributed by atoms with van der Waals surface area (Å²) in [6.45, 7) is 6.93. The molecule has 0 fully saturated rings. The van der Waals surface area contributed by atoms with Gasteiger partial charge in [0.15, 0.2) is 5.82 Å². The predicted octanol–water partition coefficient (Wildman–Crippen LogP) is 3.06.